The summed E-state index contributed by atoms with van der Waals surface area (Å²) in [4.78, 5) is 12.1. The van der Waals surface area contributed by atoms with Crippen molar-refractivity contribution in [1.29, 1.82) is 0 Å². The summed E-state index contributed by atoms with van der Waals surface area (Å²) < 4.78 is 5.15. The first-order valence-electron chi connectivity index (χ1n) is 6.55. The lowest BCUT2D eigenvalue weighted by atomic mass is 9.87. The summed E-state index contributed by atoms with van der Waals surface area (Å²) in [5.41, 5.74) is 1.05. The fourth-order valence-electron chi connectivity index (χ4n) is 2.66. The first-order chi connectivity index (χ1) is 9.16. The van der Waals surface area contributed by atoms with Gasteiger partial charge in [0.2, 0.25) is 0 Å². The maximum Gasteiger partial charge on any atom is 0.343 e. The summed E-state index contributed by atoms with van der Waals surface area (Å²) in [6, 6.07) is 11.4. The summed E-state index contributed by atoms with van der Waals surface area (Å²) in [6.07, 6.45) is 2.18. The van der Waals surface area contributed by atoms with E-state index >= 15 is 0 Å². The van der Waals surface area contributed by atoms with Crippen LogP contribution in [0.25, 0.3) is 0 Å². The Bertz CT molecular complexity index is 639. The second-order valence-corrected chi connectivity index (χ2v) is 5.17. The molecular formula is C16H16O3. The molecule has 1 aliphatic rings. The van der Waals surface area contributed by atoms with Crippen LogP contribution in [0.15, 0.2) is 45.6 Å². The predicted molar refractivity (Wildman–Crippen MR) is 72.4 cm³/mol. The minimum Gasteiger partial charge on any atom is -0.507 e. The highest BCUT2D eigenvalue weighted by Crippen LogP contribution is 2.47. The molecule has 0 bridgehead atoms. The molecule has 0 amide bonds. The third kappa shape index (κ3) is 2.28. The summed E-state index contributed by atoms with van der Waals surface area (Å²) >= 11 is 0. The Morgan fingerprint density at radius 3 is 2.53 bits per heavy atom. The molecule has 1 atom stereocenters. The van der Waals surface area contributed by atoms with Gasteiger partial charge < -0.3 is 9.52 Å². The Balaban J connectivity index is 2.14. The van der Waals surface area contributed by atoms with Gasteiger partial charge in [-0.3, -0.25) is 0 Å². The van der Waals surface area contributed by atoms with E-state index in [1.807, 2.05) is 30.3 Å². The van der Waals surface area contributed by atoms with E-state index < -0.39 is 5.63 Å². The molecule has 1 N–H and O–H groups in total. The highest BCUT2D eigenvalue weighted by molar-refractivity contribution is 5.41. The van der Waals surface area contributed by atoms with Gasteiger partial charge in [-0.15, -0.1) is 0 Å². The van der Waals surface area contributed by atoms with E-state index in [4.69, 9.17) is 4.42 Å². The lowest BCUT2D eigenvalue weighted by Crippen LogP contribution is -2.16. The van der Waals surface area contributed by atoms with Gasteiger partial charge in [0.05, 0.1) is 5.56 Å². The molecule has 3 nitrogen and oxygen atoms in total. The average molecular weight is 256 g/mol. The quantitative estimate of drug-likeness (QED) is 0.917. The fourth-order valence-corrected chi connectivity index (χ4v) is 2.66. The highest BCUT2D eigenvalue weighted by atomic mass is 16.4. The Morgan fingerprint density at radius 2 is 1.95 bits per heavy atom. The van der Waals surface area contributed by atoms with E-state index in [0.29, 0.717) is 17.2 Å². The Morgan fingerprint density at radius 1 is 1.26 bits per heavy atom. The van der Waals surface area contributed by atoms with Crippen molar-refractivity contribution in [2.75, 3.05) is 0 Å². The summed E-state index contributed by atoms with van der Waals surface area (Å²) in [5.74, 6) is 0.861. The van der Waals surface area contributed by atoms with Crippen LogP contribution in [0, 0.1) is 12.8 Å². The molecule has 0 spiro atoms. The molecule has 1 unspecified atom stereocenters. The van der Waals surface area contributed by atoms with Crippen molar-refractivity contribution in [3.05, 3.63) is 63.7 Å². The van der Waals surface area contributed by atoms with Gasteiger partial charge in [-0.25, -0.2) is 4.79 Å². The van der Waals surface area contributed by atoms with E-state index in [1.54, 1.807) is 6.92 Å². The molecule has 1 aromatic carbocycles. The molecular weight excluding hydrogens is 240 g/mol. The molecule has 98 valence electrons. The van der Waals surface area contributed by atoms with Crippen LogP contribution >= 0.6 is 0 Å². The van der Waals surface area contributed by atoms with Crippen LogP contribution in [0.3, 0.4) is 0 Å². The lowest BCUT2D eigenvalue weighted by molar-refractivity contribution is 0.413. The van der Waals surface area contributed by atoms with Crippen LogP contribution in [0.2, 0.25) is 0 Å². The van der Waals surface area contributed by atoms with Crippen LogP contribution in [-0.2, 0) is 0 Å². The lowest BCUT2D eigenvalue weighted by Gasteiger charge is -2.17. The second kappa shape index (κ2) is 4.57. The SMILES string of the molecule is Cc1cc(O)c(C(c2ccccc2)C2CC2)c(=O)o1. The van der Waals surface area contributed by atoms with Crippen LogP contribution < -0.4 is 5.63 Å². The van der Waals surface area contributed by atoms with Gasteiger partial charge >= 0.3 is 5.63 Å². The monoisotopic (exact) mass is 256 g/mol. The van der Waals surface area contributed by atoms with Gasteiger partial charge in [-0.1, -0.05) is 30.3 Å². The number of aryl methyl sites for hydroxylation is 1. The van der Waals surface area contributed by atoms with Crippen LogP contribution in [-0.4, -0.2) is 5.11 Å². The molecule has 19 heavy (non-hydrogen) atoms. The number of hydrogen-bond donors (Lipinski definition) is 1. The molecule has 2 aromatic rings. The standard InChI is InChI=1S/C16H16O3/c1-10-9-13(17)15(16(18)19-10)14(12-7-8-12)11-5-3-2-4-6-11/h2-6,9,12,14,17H,7-8H2,1H3. The molecule has 3 heteroatoms. The van der Waals surface area contributed by atoms with Crippen molar-refractivity contribution >= 4 is 0 Å². The van der Waals surface area contributed by atoms with E-state index in [2.05, 4.69) is 0 Å². The van der Waals surface area contributed by atoms with Crippen LogP contribution in [0.1, 0.15) is 35.6 Å². The molecule has 0 radical (unpaired) electrons. The largest absolute Gasteiger partial charge is 0.507 e. The molecule has 1 aromatic heterocycles. The Kier molecular flexibility index (Phi) is 2.90. The van der Waals surface area contributed by atoms with Gasteiger partial charge in [0.15, 0.2) is 0 Å². The summed E-state index contributed by atoms with van der Waals surface area (Å²) in [6.45, 7) is 1.67. The van der Waals surface area contributed by atoms with E-state index in [-0.39, 0.29) is 11.7 Å². The van der Waals surface area contributed by atoms with Crippen LogP contribution in [0.5, 0.6) is 5.75 Å². The van der Waals surface area contributed by atoms with Crippen molar-refractivity contribution in [2.45, 2.75) is 25.7 Å². The molecule has 1 fully saturated rings. The van der Waals surface area contributed by atoms with Crippen molar-refractivity contribution in [2.24, 2.45) is 5.92 Å². The maximum atomic E-state index is 12.1. The smallest absolute Gasteiger partial charge is 0.343 e. The van der Waals surface area contributed by atoms with Crippen molar-refractivity contribution < 1.29 is 9.52 Å². The first kappa shape index (κ1) is 12.0. The Hall–Kier alpha value is -2.03. The van der Waals surface area contributed by atoms with Crippen molar-refractivity contribution in [3.63, 3.8) is 0 Å². The molecule has 3 rings (SSSR count). The first-order valence-corrected chi connectivity index (χ1v) is 6.55. The minimum absolute atomic E-state index is 0.0505. The zero-order valence-corrected chi connectivity index (χ0v) is 10.8. The zero-order valence-electron chi connectivity index (χ0n) is 10.8. The molecule has 1 saturated carbocycles. The highest BCUT2D eigenvalue weighted by Gasteiger charge is 2.37. The van der Waals surface area contributed by atoms with Crippen LogP contribution in [0.4, 0.5) is 0 Å². The molecule has 1 aliphatic carbocycles. The normalized spacial score (nSPS) is 16.3. The number of rotatable bonds is 3. The fraction of sp³-hybridized carbons (Fsp3) is 0.312. The van der Waals surface area contributed by atoms with Gasteiger partial charge in [0, 0.05) is 12.0 Å². The zero-order chi connectivity index (χ0) is 13.4. The number of benzene rings is 1. The van der Waals surface area contributed by atoms with Gasteiger partial charge in [-0.05, 0) is 31.2 Å². The topological polar surface area (TPSA) is 50.4 Å². The predicted octanol–water partition coefficient (Wildman–Crippen LogP) is 3.20. The number of hydrogen-bond acceptors (Lipinski definition) is 3. The van der Waals surface area contributed by atoms with Gasteiger partial charge in [-0.2, -0.15) is 0 Å². The summed E-state index contributed by atoms with van der Waals surface area (Å²) in [5, 5.41) is 10.1. The van der Waals surface area contributed by atoms with Crippen molar-refractivity contribution in [1.82, 2.24) is 0 Å². The third-order valence-electron chi connectivity index (χ3n) is 3.65. The number of aromatic hydroxyl groups is 1. The molecule has 1 heterocycles. The molecule has 0 aliphatic heterocycles. The maximum absolute atomic E-state index is 12.1. The van der Waals surface area contributed by atoms with E-state index in [1.165, 1.54) is 6.07 Å². The average Bonchev–Trinajstić information content (AvgIpc) is 3.18. The van der Waals surface area contributed by atoms with E-state index in [9.17, 15) is 9.90 Å². The third-order valence-corrected chi connectivity index (χ3v) is 3.65. The molecule has 0 saturated heterocycles. The van der Waals surface area contributed by atoms with Gasteiger partial charge in [0.25, 0.3) is 0 Å². The second-order valence-electron chi connectivity index (χ2n) is 5.17. The van der Waals surface area contributed by atoms with E-state index in [0.717, 1.165) is 18.4 Å². The minimum atomic E-state index is -0.418. The summed E-state index contributed by atoms with van der Waals surface area (Å²) in [7, 11) is 0. The Labute approximate surface area is 111 Å². The van der Waals surface area contributed by atoms with Crippen molar-refractivity contribution in [3.8, 4) is 5.75 Å². The van der Waals surface area contributed by atoms with Gasteiger partial charge in [0.1, 0.15) is 11.5 Å².